The highest BCUT2D eigenvalue weighted by Gasteiger charge is 2.45. The summed E-state index contributed by atoms with van der Waals surface area (Å²) in [7, 11) is -10.6. The van der Waals surface area contributed by atoms with Gasteiger partial charge in [0.2, 0.25) is 0 Å². The third-order valence-electron chi connectivity index (χ3n) is 5.44. The van der Waals surface area contributed by atoms with Crippen LogP contribution in [0.15, 0.2) is 43.0 Å². The number of urea groups is 1. The predicted octanol–water partition coefficient (Wildman–Crippen LogP) is -1.22. The molecular formula is C20H23N7O12P2-2. The Kier molecular flexibility index (Phi) is 9.45. The number of carboxylic acids is 1. The number of hydrogen-bond donors (Lipinski definition) is 6. The Balaban J connectivity index is 1.40. The summed E-state index contributed by atoms with van der Waals surface area (Å²) in [5, 5.41) is 36.6. The van der Waals surface area contributed by atoms with E-state index in [0.717, 1.165) is 6.33 Å². The second-order valence-corrected chi connectivity index (χ2v) is 11.8. The number of benzene rings is 1. The number of carbonyl (C=O) groups excluding carboxylic acids is 1. The number of nitrogens with one attached hydrogen (secondary N) is 3. The van der Waals surface area contributed by atoms with Gasteiger partial charge in [-0.1, -0.05) is 18.2 Å². The number of fused-ring (bicyclic) bond motifs is 1. The van der Waals surface area contributed by atoms with Crippen molar-refractivity contribution >= 4 is 50.1 Å². The standard InChI is InChI=1S/C20H25N7O12P2/c28-13(29)6-21-10-40(33,34)39-41(35,36)37-7-12-15(30)16(31)19(38-12)27-9-24-14-17(22-8-23-18(14)27)26-20(32)25-11-4-2-1-3-5-11/h1-5,8-9,12,15-16,19,21,30-31H,6-7,10H2,(H,28,29)(H,33,34)(H,35,36)(H2,22,23,25,26,32)/p-2/t12-,15?,16+,19-/m1/s1. The number of aliphatic carboxylic acids is 1. The zero-order valence-electron chi connectivity index (χ0n) is 20.7. The molecule has 6 N–H and O–H groups in total. The van der Waals surface area contributed by atoms with E-state index in [0.29, 0.717) is 5.69 Å². The minimum absolute atomic E-state index is 0.0134. The molecule has 6 atom stereocenters. The number of rotatable bonds is 12. The number of aromatic nitrogens is 4. The van der Waals surface area contributed by atoms with Crippen LogP contribution in [0.4, 0.5) is 16.3 Å². The summed E-state index contributed by atoms with van der Waals surface area (Å²) in [6.45, 7) is -1.72. The molecule has 21 heteroatoms. The number of carbonyl (C=O) groups is 2. The molecule has 0 saturated carbocycles. The maximum absolute atomic E-state index is 12.4. The number of aliphatic hydroxyl groups is 2. The zero-order chi connectivity index (χ0) is 29.8. The number of imidazole rings is 1. The Labute approximate surface area is 230 Å². The van der Waals surface area contributed by atoms with Crippen molar-refractivity contribution in [1.29, 1.82) is 0 Å². The molecule has 4 rings (SSSR count). The quantitative estimate of drug-likeness (QED) is 0.130. The van der Waals surface area contributed by atoms with Gasteiger partial charge in [0.25, 0.3) is 7.82 Å². The fourth-order valence-corrected chi connectivity index (χ4v) is 6.04. The van der Waals surface area contributed by atoms with E-state index in [1.807, 2.05) is 5.32 Å². The minimum Gasteiger partial charge on any atom is -0.777 e. The predicted molar refractivity (Wildman–Crippen MR) is 133 cm³/mol. The van der Waals surface area contributed by atoms with Crippen LogP contribution in [0, 0.1) is 0 Å². The number of carboxylic acid groups (broad SMARTS) is 1. The Bertz CT molecular complexity index is 1490. The molecule has 1 fully saturated rings. The van der Waals surface area contributed by atoms with E-state index in [1.54, 1.807) is 30.3 Å². The SMILES string of the molecule is O=C(O)CNCP(=O)([O-])OP(=O)([O-])OC[C@H]1O[C@@H](n2cnc3c(NC(=O)Nc4ccccc4)ncnc32)[C@@H](O)C1O. The van der Waals surface area contributed by atoms with Crippen LogP contribution in [-0.4, -0.2) is 84.6 Å². The van der Waals surface area contributed by atoms with Gasteiger partial charge in [-0.2, -0.15) is 0 Å². The maximum atomic E-state index is 12.4. The molecule has 1 aliphatic rings. The average molecular weight is 615 g/mol. The molecule has 0 aliphatic carbocycles. The fraction of sp³-hybridized carbons (Fsp3) is 0.350. The van der Waals surface area contributed by atoms with E-state index in [-0.39, 0.29) is 17.0 Å². The van der Waals surface area contributed by atoms with Crippen LogP contribution in [0.1, 0.15) is 6.23 Å². The highest BCUT2D eigenvalue weighted by Crippen LogP contribution is 2.54. The Morgan fingerprint density at radius 3 is 2.51 bits per heavy atom. The van der Waals surface area contributed by atoms with Crippen LogP contribution in [0.25, 0.3) is 11.2 Å². The van der Waals surface area contributed by atoms with E-state index in [4.69, 9.17) is 9.84 Å². The van der Waals surface area contributed by atoms with E-state index in [2.05, 4.69) is 34.4 Å². The molecule has 1 aromatic carbocycles. The fourth-order valence-electron chi connectivity index (χ4n) is 3.69. The molecule has 0 spiro atoms. The third kappa shape index (κ3) is 7.90. The summed E-state index contributed by atoms with van der Waals surface area (Å²) in [6, 6.07) is 7.96. The van der Waals surface area contributed by atoms with Gasteiger partial charge in [-0.05, 0) is 12.1 Å². The number of amides is 2. The van der Waals surface area contributed by atoms with Crippen molar-refractivity contribution in [2.75, 3.05) is 30.1 Å². The molecule has 2 aromatic heterocycles. The molecule has 3 aromatic rings. The molecule has 0 radical (unpaired) electrons. The first-order valence-electron chi connectivity index (χ1n) is 11.6. The number of phosphoric ester groups is 1. The van der Waals surface area contributed by atoms with Crippen molar-refractivity contribution in [1.82, 2.24) is 24.8 Å². The zero-order valence-corrected chi connectivity index (χ0v) is 22.5. The van der Waals surface area contributed by atoms with Crippen LogP contribution in [0.2, 0.25) is 0 Å². The summed E-state index contributed by atoms with van der Waals surface area (Å²) < 4.78 is 39.1. The van der Waals surface area contributed by atoms with Crippen LogP contribution >= 0.6 is 15.4 Å². The van der Waals surface area contributed by atoms with E-state index < -0.39 is 71.4 Å². The molecule has 1 saturated heterocycles. The van der Waals surface area contributed by atoms with Crippen molar-refractivity contribution in [3.8, 4) is 0 Å². The van der Waals surface area contributed by atoms with Crippen molar-refractivity contribution in [2.24, 2.45) is 0 Å². The first-order chi connectivity index (χ1) is 19.3. The molecule has 0 bridgehead atoms. The monoisotopic (exact) mass is 615 g/mol. The number of anilines is 2. The van der Waals surface area contributed by atoms with Crippen LogP contribution in [0.5, 0.6) is 0 Å². The molecule has 222 valence electrons. The molecular weight excluding hydrogens is 592 g/mol. The maximum Gasteiger partial charge on any atom is 0.324 e. The van der Waals surface area contributed by atoms with E-state index in [9.17, 15) is 38.7 Å². The second-order valence-electron chi connectivity index (χ2n) is 8.45. The normalized spacial score (nSPS) is 23.5. The molecule has 3 heterocycles. The lowest BCUT2D eigenvalue weighted by atomic mass is 10.1. The van der Waals surface area contributed by atoms with E-state index >= 15 is 0 Å². The van der Waals surface area contributed by atoms with Crippen molar-refractivity contribution in [3.05, 3.63) is 43.0 Å². The van der Waals surface area contributed by atoms with Gasteiger partial charge in [0.1, 0.15) is 24.6 Å². The highest BCUT2D eigenvalue weighted by atomic mass is 31.3. The van der Waals surface area contributed by atoms with Gasteiger partial charge in [-0.15, -0.1) is 0 Å². The molecule has 3 unspecified atom stereocenters. The van der Waals surface area contributed by atoms with Crippen molar-refractivity contribution in [2.45, 2.75) is 24.5 Å². The van der Waals surface area contributed by atoms with Gasteiger partial charge >= 0.3 is 12.0 Å². The van der Waals surface area contributed by atoms with Gasteiger partial charge in [0.05, 0.1) is 25.8 Å². The van der Waals surface area contributed by atoms with E-state index in [1.165, 1.54) is 10.9 Å². The van der Waals surface area contributed by atoms with Gasteiger partial charge < -0.3 is 44.2 Å². The van der Waals surface area contributed by atoms with Crippen LogP contribution in [-0.2, 0) is 27.5 Å². The van der Waals surface area contributed by atoms with Gasteiger partial charge in [0, 0.05) is 5.69 Å². The Morgan fingerprint density at radius 2 is 1.80 bits per heavy atom. The first-order valence-corrected chi connectivity index (χ1v) is 14.8. The lowest BCUT2D eigenvalue weighted by molar-refractivity contribution is -0.234. The lowest BCUT2D eigenvalue weighted by Gasteiger charge is -2.32. The molecule has 41 heavy (non-hydrogen) atoms. The van der Waals surface area contributed by atoms with Crippen LogP contribution in [0.3, 0.4) is 0 Å². The number of hydrogen-bond acceptors (Lipinski definition) is 15. The van der Waals surface area contributed by atoms with Gasteiger partial charge in [-0.25, -0.2) is 19.7 Å². The van der Waals surface area contributed by atoms with Gasteiger partial charge in [-0.3, -0.25) is 28.9 Å². The Morgan fingerprint density at radius 1 is 1.07 bits per heavy atom. The lowest BCUT2D eigenvalue weighted by Crippen LogP contribution is -2.34. The average Bonchev–Trinajstić information content (AvgIpc) is 3.44. The summed E-state index contributed by atoms with van der Waals surface area (Å²) in [4.78, 5) is 58.8. The van der Waals surface area contributed by atoms with Crippen molar-refractivity contribution in [3.63, 3.8) is 0 Å². The first kappa shape index (κ1) is 30.6. The summed E-state index contributed by atoms with van der Waals surface area (Å²) in [5.74, 6) is -1.37. The number of ether oxygens (including phenoxy) is 1. The number of aliphatic hydroxyl groups excluding tert-OH is 2. The number of phosphoric acid groups is 1. The van der Waals surface area contributed by atoms with Gasteiger partial charge in [0.15, 0.2) is 30.8 Å². The smallest absolute Gasteiger partial charge is 0.324 e. The Hall–Kier alpha value is -3.35. The minimum atomic E-state index is -5.51. The number of para-hydroxylation sites is 1. The number of nitrogens with zero attached hydrogens (tertiary/aromatic N) is 4. The second kappa shape index (κ2) is 12.7. The molecule has 1 aliphatic heterocycles. The topological polar surface area (TPSA) is 282 Å². The van der Waals surface area contributed by atoms with Crippen molar-refractivity contribution < 1.29 is 57.4 Å². The largest absolute Gasteiger partial charge is 0.777 e. The third-order valence-corrected chi connectivity index (χ3v) is 8.31. The molecule has 2 amide bonds. The summed E-state index contributed by atoms with van der Waals surface area (Å²) in [5.41, 5.74) is 0.694. The highest BCUT2D eigenvalue weighted by molar-refractivity contribution is 7.62. The summed E-state index contributed by atoms with van der Waals surface area (Å²) in [6.07, 6.45) is -5.01. The summed E-state index contributed by atoms with van der Waals surface area (Å²) >= 11 is 0. The van der Waals surface area contributed by atoms with Crippen LogP contribution < -0.4 is 25.7 Å². The molecule has 19 nitrogen and oxygen atoms in total.